The molecule has 1 rings (SSSR count). The van der Waals surface area contributed by atoms with Crippen molar-refractivity contribution in [3.8, 4) is 11.5 Å². The van der Waals surface area contributed by atoms with Gasteiger partial charge in [-0.15, -0.1) is 0 Å². The van der Waals surface area contributed by atoms with E-state index in [9.17, 15) is 0 Å². The standard InChI is InChI=1S/C11H15ClO2/c1-3-4-7-14-11-8-9(12)5-6-10(11)13-2/h5-6,8H,3-4,7H2,1-2H3. The van der Waals surface area contributed by atoms with Gasteiger partial charge in [0.15, 0.2) is 11.5 Å². The van der Waals surface area contributed by atoms with Crippen molar-refractivity contribution in [3.05, 3.63) is 23.2 Å². The van der Waals surface area contributed by atoms with Gasteiger partial charge in [-0.25, -0.2) is 0 Å². The summed E-state index contributed by atoms with van der Waals surface area (Å²) in [4.78, 5) is 0. The van der Waals surface area contributed by atoms with Gasteiger partial charge in [0.25, 0.3) is 0 Å². The number of ether oxygens (including phenoxy) is 2. The molecule has 0 aliphatic heterocycles. The molecule has 1 aromatic carbocycles. The third-order valence-electron chi connectivity index (χ3n) is 1.88. The number of unbranched alkanes of at least 4 members (excludes halogenated alkanes) is 1. The Labute approximate surface area is 89.8 Å². The highest BCUT2D eigenvalue weighted by Gasteiger charge is 2.03. The van der Waals surface area contributed by atoms with E-state index in [1.165, 1.54) is 0 Å². The molecule has 0 aliphatic rings. The minimum atomic E-state index is 0.664. The lowest BCUT2D eigenvalue weighted by Crippen LogP contribution is -1.98. The molecule has 1 aromatic rings. The lowest BCUT2D eigenvalue weighted by Gasteiger charge is -2.10. The summed E-state index contributed by atoms with van der Waals surface area (Å²) < 4.78 is 10.7. The predicted octanol–water partition coefficient (Wildman–Crippen LogP) is 3.53. The molecule has 14 heavy (non-hydrogen) atoms. The molecule has 0 heterocycles. The highest BCUT2D eigenvalue weighted by Crippen LogP contribution is 2.29. The molecule has 0 atom stereocenters. The first-order chi connectivity index (χ1) is 6.77. The Balaban J connectivity index is 2.67. The molecule has 0 N–H and O–H groups in total. The molecular weight excluding hydrogens is 200 g/mol. The summed E-state index contributed by atoms with van der Waals surface area (Å²) in [6.07, 6.45) is 2.15. The molecule has 0 aliphatic carbocycles. The van der Waals surface area contributed by atoms with Gasteiger partial charge in [0.2, 0.25) is 0 Å². The van der Waals surface area contributed by atoms with Crippen LogP contribution in [0.3, 0.4) is 0 Å². The summed E-state index contributed by atoms with van der Waals surface area (Å²) in [6.45, 7) is 2.83. The van der Waals surface area contributed by atoms with Crippen LogP contribution in [0.2, 0.25) is 5.02 Å². The van der Waals surface area contributed by atoms with Gasteiger partial charge in [-0.1, -0.05) is 24.9 Å². The summed E-state index contributed by atoms with van der Waals surface area (Å²) >= 11 is 5.85. The quantitative estimate of drug-likeness (QED) is 0.699. The zero-order valence-electron chi connectivity index (χ0n) is 8.55. The fraction of sp³-hybridized carbons (Fsp3) is 0.455. The first kappa shape index (κ1) is 11.2. The summed E-state index contributed by atoms with van der Waals surface area (Å²) in [5.41, 5.74) is 0. The van der Waals surface area contributed by atoms with Crippen LogP contribution in [-0.2, 0) is 0 Å². The van der Waals surface area contributed by atoms with Gasteiger partial charge in [-0.2, -0.15) is 0 Å². The topological polar surface area (TPSA) is 18.5 Å². The lowest BCUT2D eigenvalue weighted by molar-refractivity contribution is 0.288. The molecule has 0 amide bonds. The fourth-order valence-electron chi connectivity index (χ4n) is 1.09. The van der Waals surface area contributed by atoms with Gasteiger partial charge < -0.3 is 9.47 Å². The molecule has 0 saturated heterocycles. The zero-order chi connectivity index (χ0) is 10.4. The van der Waals surface area contributed by atoms with E-state index in [-0.39, 0.29) is 0 Å². The molecule has 0 saturated carbocycles. The Bertz CT molecular complexity index is 287. The highest BCUT2D eigenvalue weighted by atomic mass is 35.5. The normalized spacial score (nSPS) is 9.93. The average Bonchev–Trinajstić information content (AvgIpc) is 2.19. The van der Waals surface area contributed by atoms with Crippen LogP contribution in [0.5, 0.6) is 11.5 Å². The summed E-state index contributed by atoms with van der Waals surface area (Å²) in [5, 5.41) is 0.664. The molecule has 3 heteroatoms. The van der Waals surface area contributed by atoms with E-state index in [2.05, 4.69) is 6.92 Å². The Morgan fingerprint density at radius 2 is 2.07 bits per heavy atom. The third kappa shape index (κ3) is 3.11. The van der Waals surface area contributed by atoms with Crippen molar-refractivity contribution < 1.29 is 9.47 Å². The second kappa shape index (κ2) is 5.76. The number of hydrogen-bond acceptors (Lipinski definition) is 2. The van der Waals surface area contributed by atoms with Crippen LogP contribution in [0, 0.1) is 0 Å². The van der Waals surface area contributed by atoms with Gasteiger partial charge in [0, 0.05) is 11.1 Å². The fourth-order valence-corrected chi connectivity index (χ4v) is 1.25. The SMILES string of the molecule is CCCCOc1cc(Cl)ccc1OC. The Kier molecular flexibility index (Phi) is 4.60. The van der Waals surface area contributed by atoms with Crippen LogP contribution >= 0.6 is 11.6 Å². The van der Waals surface area contributed by atoms with E-state index in [0.717, 1.165) is 18.6 Å². The van der Waals surface area contributed by atoms with E-state index >= 15 is 0 Å². The molecule has 78 valence electrons. The number of hydrogen-bond donors (Lipinski definition) is 0. The average molecular weight is 215 g/mol. The van der Waals surface area contributed by atoms with Crippen LogP contribution in [0.4, 0.5) is 0 Å². The molecule has 0 aromatic heterocycles. The monoisotopic (exact) mass is 214 g/mol. The lowest BCUT2D eigenvalue weighted by atomic mass is 10.3. The number of methoxy groups -OCH3 is 1. The summed E-state index contributed by atoms with van der Waals surface area (Å²) in [7, 11) is 1.62. The van der Waals surface area contributed by atoms with E-state index in [1.807, 2.05) is 6.07 Å². The third-order valence-corrected chi connectivity index (χ3v) is 2.12. The van der Waals surface area contributed by atoms with E-state index in [4.69, 9.17) is 21.1 Å². The minimum Gasteiger partial charge on any atom is -0.493 e. The first-order valence-corrected chi connectivity index (χ1v) is 5.12. The van der Waals surface area contributed by atoms with Crippen LogP contribution < -0.4 is 9.47 Å². The van der Waals surface area contributed by atoms with Gasteiger partial charge in [0.1, 0.15) is 0 Å². The summed E-state index contributed by atoms with van der Waals surface area (Å²) in [6, 6.07) is 5.37. The number of benzene rings is 1. The second-order valence-corrected chi connectivity index (χ2v) is 3.43. The maximum Gasteiger partial charge on any atom is 0.162 e. The Morgan fingerprint density at radius 1 is 1.29 bits per heavy atom. The van der Waals surface area contributed by atoms with Gasteiger partial charge in [0.05, 0.1) is 13.7 Å². The van der Waals surface area contributed by atoms with Crippen LogP contribution in [0.15, 0.2) is 18.2 Å². The van der Waals surface area contributed by atoms with Gasteiger partial charge in [-0.3, -0.25) is 0 Å². The van der Waals surface area contributed by atoms with Crippen molar-refractivity contribution in [1.82, 2.24) is 0 Å². The molecule has 0 unspecified atom stereocenters. The number of halogens is 1. The predicted molar refractivity (Wildman–Crippen MR) is 58.4 cm³/mol. The van der Waals surface area contributed by atoms with Crippen molar-refractivity contribution in [3.63, 3.8) is 0 Å². The summed E-state index contributed by atoms with van der Waals surface area (Å²) in [5.74, 6) is 1.44. The zero-order valence-corrected chi connectivity index (χ0v) is 9.30. The van der Waals surface area contributed by atoms with Crippen molar-refractivity contribution in [2.75, 3.05) is 13.7 Å². The second-order valence-electron chi connectivity index (χ2n) is 3.00. The molecule has 0 spiro atoms. The largest absolute Gasteiger partial charge is 0.493 e. The highest BCUT2D eigenvalue weighted by molar-refractivity contribution is 6.30. The molecule has 0 bridgehead atoms. The van der Waals surface area contributed by atoms with Crippen molar-refractivity contribution in [2.24, 2.45) is 0 Å². The first-order valence-electron chi connectivity index (χ1n) is 4.74. The van der Waals surface area contributed by atoms with Crippen LogP contribution in [-0.4, -0.2) is 13.7 Å². The van der Waals surface area contributed by atoms with Gasteiger partial charge >= 0.3 is 0 Å². The van der Waals surface area contributed by atoms with Crippen molar-refractivity contribution >= 4 is 11.6 Å². The maximum atomic E-state index is 5.85. The van der Waals surface area contributed by atoms with Crippen molar-refractivity contribution in [2.45, 2.75) is 19.8 Å². The van der Waals surface area contributed by atoms with E-state index in [1.54, 1.807) is 19.2 Å². The Morgan fingerprint density at radius 3 is 2.71 bits per heavy atom. The molecule has 0 fully saturated rings. The Hall–Kier alpha value is -0.890. The molecule has 2 nitrogen and oxygen atoms in total. The number of rotatable bonds is 5. The smallest absolute Gasteiger partial charge is 0.162 e. The van der Waals surface area contributed by atoms with Crippen LogP contribution in [0.1, 0.15) is 19.8 Å². The molecular formula is C11H15ClO2. The van der Waals surface area contributed by atoms with Gasteiger partial charge in [-0.05, 0) is 18.6 Å². The molecule has 0 radical (unpaired) electrons. The van der Waals surface area contributed by atoms with E-state index in [0.29, 0.717) is 17.4 Å². The van der Waals surface area contributed by atoms with Crippen molar-refractivity contribution in [1.29, 1.82) is 0 Å². The van der Waals surface area contributed by atoms with Crippen LogP contribution in [0.25, 0.3) is 0 Å². The maximum absolute atomic E-state index is 5.85. The van der Waals surface area contributed by atoms with E-state index < -0.39 is 0 Å². The minimum absolute atomic E-state index is 0.664.